The van der Waals surface area contributed by atoms with Crippen molar-refractivity contribution < 1.29 is 13.2 Å². The lowest BCUT2D eigenvalue weighted by atomic mass is 10.2. The number of ether oxygens (including phenoxy) is 1. The standard InChI is InChI=1S/C19H30N4O3S.HI/c1-19(2)14-23(10-11-27(19,24)25)18(20-3)22-13-15-8-9-17(21-12-15)26-16-6-4-5-7-16;/h8-9,12,16H,4-7,10-11,13-14H2,1-3H3,(H,20,22);1H. The monoisotopic (exact) mass is 522 g/mol. The number of rotatable bonds is 4. The zero-order chi connectivity index (χ0) is 19.5. The number of guanidine groups is 1. The Bertz CT molecular complexity index is 775. The molecule has 0 spiro atoms. The van der Waals surface area contributed by atoms with Crippen LogP contribution in [0.1, 0.15) is 45.1 Å². The average molecular weight is 522 g/mol. The van der Waals surface area contributed by atoms with Crippen molar-refractivity contribution in [2.24, 2.45) is 4.99 Å². The molecule has 1 saturated heterocycles. The predicted octanol–water partition coefficient (Wildman–Crippen LogP) is 2.61. The summed E-state index contributed by atoms with van der Waals surface area (Å²) in [7, 11) is -1.35. The molecule has 0 bridgehead atoms. The van der Waals surface area contributed by atoms with Gasteiger partial charge in [0.25, 0.3) is 0 Å². The molecule has 1 aliphatic heterocycles. The molecule has 3 rings (SSSR count). The van der Waals surface area contributed by atoms with Gasteiger partial charge in [0.05, 0.1) is 10.5 Å². The lowest BCUT2D eigenvalue weighted by Crippen LogP contribution is -2.57. The normalized spacial score (nSPS) is 21.8. The van der Waals surface area contributed by atoms with E-state index in [0.717, 1.165) is 18.4 Å². The molecular formula is C19H31IN4O3S. The van der Waals surface area contributed by atoms with Crippen molar-refractivity contribution in [3.05, 3.63) is 23.9 Å². The van der Waals surface area contributed by atoms with Crippen LogP contribution in [-0.2, 0) is 16.4 Å². The summed E-state index contributed by atoms with van der Waals surface area (Å²) in [5.74, 6) is 1.54. The fraction of sp³-hybridized carbons (Fsp3) is 0.684. The molecule has 1 aliphatic carbocycles. The first-order chi connectivity index (χ1) is 12.8. The summed E-state index contributed by atoms with van der Waals surface area (Å²) >= 11 is 0. The van der Waals surface area contributed by atoms with E-state index in [1.54, 1.807) is 20.9 Å². The van der Waals surface area contributed by atoms with E-state index in [4.69, 9.17) is 4.74 Å². The fourth-order valence-electron chi connectivity index (χ4n) is 3.60. The van der Waals surface area contributed by atoms with Crippen LogP contribution in [0.15, 0.2) is 23.3 Å². The Balaban J connectivity index is 0.00000280. The van der Waals surface area contributed by atoms with Gasteiger partial charge >= 0.3 is 0 Å². The van der Waals surface area contributed by atoms with Crippen LogP contribution >= 0.6 is 24.0 Å². The first-order valence-electron chi connectivity index (χ1n) is 9.60. The minimum Gasteiger partial charge on any atom is -0.474 e. The number of aromatic nitrogens is 1. The number of halogens is 1. The van der Waals surface area contributed by atoms with Crippen molar-refractivity contribution in [3.63, 3.8) is 0 Å². The summed E-state index contributed by atoms with van der Waals surface area (Å²) in [6.07, 6.45) is 6.82. The van der Waals surface area contributed by atoms with E-state index in [-0.39, 0.29) is 29.7 Å². The first kappa shape index (κ1) is 23.2. The highest BCUT2D eigenvalue weighted by molar-refractivity contribution is 14.0. The molecule has 1 N–H and O–H groups in total. The smallest absolute Gasteiger partial charge is 0.213 e. The molecule has 1 saturated carbocycles. The first-order valence-corrected chi connectivity index (χ1v) is 11.3. The topological polar surface area (TPSA) is 83.9 Å². The van der Waals surface area contributed by atoms with Gasteiger partial charge in [-0.3, -0.25) is 4.99 Å². The third-order valence-electron chi connectivity index (χ3n) is 5.39. The molecule has 2 heterocycles. The fourth-order valence-corrected chi connectivity index (χ4v) is 4.97. The molecule has 0 amide bonds. The number of aliphatic imine (C=N–C) groups is 1. The van der Waals surface area contributed by atoms with E-state index in [1.807, 2.05) is 23.2 Å². The van der Waals surface area contributed by atoms with Crippen LogP contribution in [0.5, 0.6) is 5.88 Å². The second kappa shape index (κ2) is 9.60. The van der Waals surface area contributed by atoms with Gasteiger partial charge in [-0.2, -0.15) is 0 Å². The number of nitrogens with zero attached hydrogens (tertiary/aromatic N) is 3. The summed E-state index contributed by atoms with van der Waals surface area (Å²) in [4.78, 5) is 10.7. The Morgan fingerprint density at radius 2 is 2.07 bits per heavy atom. The van der Waals surface area contributed by atoms with E-state index in [0.29, 0.717) is 37.6 Å². The van der Waals surface area contributed by atoms with Gasteiger partial charge in [-0.05, 0) is 45.1 Å². The maximum absolute atomic E-state index is 12.2. The van der Waals surface area contributed by atoms with Crippen molar-refractivity contribution in [3.8, 4) is 5.88 Å². The molecule has 2 aliphatic rings. The molecule has 158 valence electrons. The van der Waals surface area contributed by atoms with Crippen LogP contribution in [0, 0.1) is 0 Å². The van der Waals surface area contributed by atoms with Crippen molar-refractivity contribution in [1.82, 2.24) is 15.2 Å². The van der Waals surface area contributed by atoms with E-state index in [1.165, 1.54) is 12.8 Å². The molecule has 1 aromatic heterocycles. The summed E-state index contributed by atoms with van der Waals surface area (Å²) in [6.45, 7) is 5.01. The Hall–Kier alpha value is -1.10. The average Bonchev–Trinajstić information content (AvgIpc) is 3.13. The molecule has 28 heavy (non-hydrogen) atoms. The van der Waals surface area contributed by atoms with Crippen molar-refractivity contribution in [2.45, 2.75) is 56.9 Å². The third kappa shape index (κ3) is 5.49. The SMILES string of the molecule is CN=C(NCc1ccc(OC2CCCC2)nc1)N1CCS(=O)(=O)C(C)(C)C1.I. The highest BCUT2D eigenvalue weighted by Gasteiger charge is 2.40. The molecule has 0 unspecified atom stereocenters. The Morgan fingerprint density at radius 3 is 2.64 bits per heavy atom. The Morgan fingerprint density at radius 1 is 1.36 bits per heavy atom. The van der Waals surface area contributed by atoms with Gasteiger partial charge in [-0.25, -0.2) is 13.4 Å². The van der Waals surface area contributed by atoms with E-state index < -0.39 is 14.6 Å². The molecule has 0 aromatic carbocycles. The summed E-state index contributed by atoms with van der Waals surface area (Å²) in [5, 5.41) is 3.31. The highest BCUT2D eigenvalue weighted by atomic mass is 127. The van der Waals surface area contributed by atoms with Gasteiger partial charge in [0.2, 0.25) is 5.88 Å². The third-order valence-corrected chi connectivity index (χ3v) is 7.93. The molecule has 0 radical (unpaired) electrons. The molecule has 0 atom stereocenters. The second-order valence-electron chi connectivity index (χ2n) is 7.93. The zero-order valence-corrected chi connectivity index (χ0v) is 20.0. The largest absolute Gasteiger partial charge is 0.474 e. The predicted molar refractivity (Wildman–Crippen MR) is 122 cm³/mol. The van der Waals surface area contributed by atoms with E-state index >= 15 is 0 Å². The zero-order valence-electron chi connectivity index (χ0n) is 16.8. The summed E-state index contributed by atoms with van der Waals surface area (Å²) in [6, 6.07) is 3.91. The van der Waals surface area contributed by atoms with Gasteiger partial charge in [-0.15, -0.1) is 24.0 Å². The molecule has 1 aromatic rings. The van der Waals surface area contributed by atoms with Crippen molar-refractivity contribution >= 4 is 39.8 Å². The molecule has 2 fully saturated rings. The quantitative estimate of drug-likeness (QED) is 0.372. The van der Waals surface area contributed by atoms with Crippen LogP contribution in [0.3, 0.4) is 0 Å². The minimum absolute atomic E-state index is 0. The Labute approximate surface area is 185 Å². The van der Waals surface area contributed by atoms with E-state index in [9.17, 15) is 8.42 Å². The van der Waals surface area contributed by atoms with Gasteiger partial charge < -0.3 is 15.0 Å². The number of pyridine rings is 1. The number of hydrogen-bond acceptors (Lipinski definition) is 5. The van der Waals surface area contributed by atoms with Crippen LogP contribution in [-0.4, -0.2) is 61.0 Å². The highest BCUT2D eigenvalue weighted by Crippen LogP contribution is 2.24. The van der Waals surface area contributed by atoms with Gasteiger partial charge in [-0.1, -0.05) is 6.07 Å². The van der Waals surface area contributed by atoms with Crippen LogP contribution < -0.4 is 10.1 Å². The number of nitrogens with one attached hydrogen (secondary N) is 1. The van der Waals surface area contributed by atoms with Crippen LogP contribution in [0.4, 0.5) is 0 Å². The lowest BCUT2D eigenvalue weighted by Gasteiger charge is -2.39. The molecular weight excluding hydrogens is 491 g/mol. The number of hydrogen-bond donors (Lipinski definition) is 1. The maximum atomic E-state index is 12.2. The van der Waals surface area contributed by atoms with Crippen LogP contribution in [0.2, 0.25) is 0 Å². The second-order valence-corrected chi connectivity index (χ2v) is 10.7. The van der Waals surface area contributed by atoms with Gasteiger partial charge in [0.15, 0.2) is 15.8 Å². The molecule has 9 heteroatoms. The van der Waals surface area contributed by atoms with Crippen LogP contribution in [0.25, 0.3) is 0 Å². The van der Waals surface area contributed by atoms with Gasteiger partial charge in [0, 0.05) is 38.9 Å². The van der Waals surface area contributed by atoms with Gasteiger partial charge in [0.1, 0.15) is 6.10 Å². The molecule has 7 nitrogen and oxygen atoms in total. The van der Waals surface area contributed by atoms with E-state index in [2.05, 4.69) is 15.3 Å². The minimum atomic E-state index is -3.07. The van der Waals surface area contributed by atoms with Crippen molar-refractivity contribution in [1.29, 1.82) is 0 Å². The number of sulfone groups is 1. The lowest BCUT2D eigenvalue weighted by molar-refractivity contribution is 0.201. The summed E-state index contributed by atoms with van der Waals surface area (Å²) < 4.78 is 29.5. The maximum Gasteiger partial charge on any atom is 0.213 e. The summed E-state index contributed by atoms with van der Waals surface area (Å²) in [5.41, 5.74) is 1.03. The Kier molecular flexibility index (Phi) is 7.95. The van der Waals surface area contributed by atoms with Crippen molar-refractivity contribution in [2.75, 3.05) is 25.9 Å².